The molecule has 0 radical (unpaired) electrons. The van der Waals surface area contributed by atoms with Gasteiger partial charge in [-0.3, -0.25) is 4.79 Å². The molecule has 134 valence electrons. The quantitative estimate of drug-likeness (QED) is 0.805. The van der Waals surface area contributed by atoms with Gasteiger partial charge < -0.3 is 15.4 Å². The van der Waals surface area contributed by atoms with Gasteiger partial charge in [0.05, 0.1) is 10.9 Å². The van der Waals surface area contributed by atoms with Crippen LogP contribution in [0.4, 0.5) is 0 Å². The lowest BCUT2D eigenvalue weighted by Crippen LogP contribution is -2.31. The summed E-state index contributed by atoms with van der Waals surface area (Å²) in [5, 5.41) is 6.84. The highest BCUT2D eigenvalue weighted by molar-refractivity contribution is 6.32. The van der Waals surface area contributed by atoms with Crippen molar-refractivity contribution in [1.29, 1.82) is 0 Å². The van der Waals surface area contributed by atoms with Crippen molar-refractivity contribution in [3.05, 3.63) is 64.7 Å². The first kappa shape index (κ1) is 19.6. The van der Waals surface area contributed by atoms with E-state index < -0.39 is 0 Å². The lowest BCUT2D eigenvalue weighted by Gasteiger charge is -2.14. The molecule has 1 fully saturated rings. The summed E-state index contributed by atoms with van der Waals surface area (Å²) in [6, 6.07) is 15.4. The van der Waals surface area contributed by atoms with E-state index in [1.165, 1.54) is 0 Å². The number of amides is 1. The van der Waals surface area contributed by atoms with Crippen molar-refractivity contribution in [2.75, 3.05) is 13.1 Å². The Morgan fingerprint density at radius 1 is 1.16 bits per heavy atom. The molecule has 1 amide bonds. The molecule has 2 aromatic carbocycles. The average Bonchev–Trinajstić information content (AvgIpc) is 3.14. The molecule has 0 saturated carbocycles. The molecule has 1 aliphatic rings. The predicted octanol–water partition coefficient (Wildman–Crippen LogP) is 3.57. The zero-order chi connectivity index (χ0) is 16.8. The maximum atomic E-state index is 12.2. The number of halogens is 2. The van der Waals surface area contributed by atoms with Gasteiger partial charge in [0.1, 0.15) is 12.4 Å². The molecule has 25 heavy (non-hydrogen) atoms. The van der Waals surface area contributed by atoms with Crippen molar-refractivity contribution in [3.8, 4) is 5.75 Å². The van der Waals surface area contributed by atoms with Gasteiger partial charge in [-0.05, 0) is 36.2 Å². The van der Waals surface area contributed by atoms with E-state index in [1.54, 1.807) is 6.07 Å². The molecule has 1 unspecified atom stereocenters. The highest BCUT2D eigenvalue weighted by Gasteiger charge is 2.22. The van der Waals surface area contributed by atoms with E-state index in [-0.39, 0.29) is 24.2 Å². The number of carbonyl (C=O) groups excluding carboxylic acids is 1. The zero-order valence-electron chi connectivity index (χ0n) is 13.8. The van der Waals surface area contributed by atoms with Crippen molar-refractivity contribution < 1.29 is 9.53 Å². The molecule has 0 aromatic heterocycles. The topological polar surface area (TPSA) is 50.4 Å². The van der Waals surface area contributed by atoms with E-state index in [2.05, 4.69) is 10.6 Å². The summed E-state index contributed by atoms with van der Waals surface area (Å²) in [5.41, 5.74) is 2.10. The van der Waals surface area contributed by atoms with E-state index in [0.717, 1.165) is 30.6 Å². The second-order valence-electron chi connectivity index (χ2n) is 5.90. The predicted molar refractivity (Wildman–Crippen MR) is 102 cm³/mol. The normalized spacial score (nSPS) is 16.1. The third kappa shape index (κ3) is 5.36. The lowest BCUT2D eigenvalue weighted by molar-refractivity contribution is -0.124. The SMILES string of the molecule is Cl.O=C(NCc1ccccc1COc1ccccc1Cl)C1CCNC1. The molecule has 2 N–H and O–H groups in total. The highest BCUT2D eigenvalue weighted by Crippen LogP contribution is 2.24. The Labute approximate surface area is 159 Å². The Morgan fingerprint density at radius 3 is 2.60 bits per heavy atom. The molecule has 1 saturated heterocycles. The van der Waals surface area contributed by atoms with E-state index >= 15 is 0 Å². The summed E-state index contributed by atoms with van der Waals surface area (Å²) >= 11 is 6.12. The number of rotatable bonds is 6. The Morgan fingerprint density at radius 2 is 1.88 bits per heavy atom. The summed E-state index contributed by atoms with van der Waals surface area (Å²) in [6.07, 6.45) is 0.906. The molecule has 0 aliphatic carbocycles. The summed E-state index contributed by atoms with van der Waals surface area (Å²) in [4.78, 5) is 12.2. The maximum Gasteiger partial charge on any atom is 0.224 e. The van der Waals surface area contributed by atoms with Crippen LogP contribution in [0, 0.1) is 5.92 Å². The average molecular weight is 381 g/mol. The fraction of sp³-hybridized carbons (Fsp3) is 0.316. The summed E-state index contributed by atoms with van der Waals surface area (Å²) in [6.45, 7) is 2.61. The molecule has 4 nitrogen and oxygen atoms in total. The monoisotopic (exact) mass is 380 g/mol. The number of nitrogens with one attached hydrogen (secondary N) is 2. The maximum absolute atomic E-state index is 12.2. The van der Waals surface area contributed by atoms with Crippen LogP contribution < -0.4 is 15.4 Å². The van der Waals surface area contributed by atoms with E-state index in [1.807, 2.05) is 42.5 Å². The van der Waals surface area contributed by atoms with Crippen LogP contribution in [0.15, 0.2) is 48.5 Å². The van der Waals surface area contributed by atoms with Crippen LogP contribution in [0.2, 0.25) is 5.02 Å². The molecule has 2 aromatic rings. The smallest absolute Gasteiger partial charge is 0.224 e. The van der Waals surface area contributed by atoms with Crippen LogP contribution in [-0.4, -0.2) is 19.0 Å². The van der Waals surface area contributed by atoms with Gasteiger partial charge in [-0.1, -0.05) is 48.0 Å². The number of carbonyl (C=O) groups is 1. The Bertz CT molecular complexity index is 703. The molecular weight excluding hydrogens is 359 g/mol. The molecule has 0 bridgehead atoms. The number of hydrogen-bond donors (Lipinski definition) is 2. The van der Waals surface area contributed by atoms with Crippen LogP contribution >= 0.6 is 24.0 Å². The standard InChI is InChI=1S/C19H21ClN2O2.ClH/c20-17-7-3-4-8-18(17)24-13-16-6-2-1-5-14(16)12-22-19(23)15-9-10-21-11-15;/h1-8,15,21H,9-13H2,(H,22,23);1H. The van der Waals surface area contributed by atoms with Crippen LogP contribution in [0.25, 0.3) is 0 Å². The van der Waals surface area contributed by atoms with Crippen molar-refractivity contribution in [2.45, 2.75) is 19.6 Å². The molecule has 0 spiro atoms. The molecule has 1 atom stereocenters. The zero-order valence-corrected chi connectivity index (χ0v) is 15.4. The number of benzene rings is 2. The minimum atomic E-state index is 0. The summed E-state index contributed by atoms with van der Waals surface area (Å²) in [5.74, 6) is 0.855. The van der Waals surface area contributed by atoms with Gasteiger partial charge in [-0.25, -0.2) is 0 Å². The second-order valence-corrected chi connectivity index (χ2v) is 6.30. The number of para-hydroxylation sites is 1. The number of hydrogen-bond acceptors (Lipinski definition) is 3. The van der Waals surface area contributed by atoms with Crippen LogP contribution in [0.5, 0.6) is 5.75 Å². The fourth-order valence-corrected chi connectivity index (χ4v) is 2.98. The van der Waals surface area contributed by atoms with Crippen molar-refractivity contribution in [2.24, 2.45) is 5.92 Å². The number of ether oxygens (including phenoxy) is 1. The van der Waals surface area contributed by atoms with Crippen LogP contribution in [0.1, 0.15) is 17.5 Å². The summed E-state index contributed by atoms with van der Waals surface area (Å²) in [7, 11) is 0. The van der Waals surface area contributed by atoms with Gasteiger partial charge in [0.25, 0.3) is 0 Å². The first-order valence-corrected chi connectivity index (χ1v) is 8.54. The van der Waals surface area contributed by atoms with Crippen LogP contribution in [0.3, 0.4) is 0 Å². The van der Waals surface area contributed by atoms with E-state index in [0.29, 0.717) is 23.9 Å². The van der Waals surface area contributed by atoms with Gasteiger partial charge in [0.15, 0.2) is 0 Å². The van der Waals surface area contributed by atoms with Gasteiger partial charge in [-0.2, -0.15) is 0 Å². The Balaban J connectivity index is 0.00000225. The lowest BCUT2D eigenvalue weighted by atomic mass is 10.1. The fourth-order valence-electron chi connectivity index (χ4n) is 2.79. The van der Waals surface area contributed by atoms with Gasteiger partial charge in [0, 0.05) is 13.1 Å². The van der Waals surface area contributed by atoms with Crippen molar-refractivity contribution >= 4 is 29.9 Å². The molecule has 6 heteroatoms. The first-order chi connectivity index (χ1) is 11.7. The third-order valence-corrected chi connectivity index (χ3v) is 4.53. The molecule has 3 rings (SSSR count). The minimum absolute atomic E-state index is 0. The Hall–Kier alpha value is -1.75. The largest absolute Gasteiger partial charge is 0.487 e. The minimum Gasteiger partial charge on any atom is -0.487 e. The molecule has 1 aliphatic heterocycles. The molecular formula is C19H22Cl2N2O2. The van der Waals surface area contributed by atoms with Gasteiger partial charge in [0.2, 0.25) is 5.91 Å². The highest BCUT2D eigenvalue weighted by atomic mass is 35.5. The van der Waals surface area contributed by atoms with Crippen molar-refractivity contribution in [3.63, 3.8) is 0 Å². The van der Waals surface area contributed by atoms with E-state index in [9.17, 15) is 4.79 Å². The first-order valence-electron chi connectivity index (χ1n) is 8.16. The molecule has 1 heterocycles. The Kier molecular flexibility index (Phi) is 7.56. The van der Waals surface area contributed by atoms with E-state index in [4.69, 9.17) is 16.3 Å². The second kappa shape index (κ2) is 9.66. The third-order valence-electron chi connectivity index (χ3n) is 4.22. The summed E-state index contributed by atoms with van der Waals surface area (Å²) < 4.78 is 5.82. The van der Waals surface area contributed by atoms with Crippen molar-refractivity contribution in [1.82, 2.24) is 10.6 Å². The van der Waals surface area contributed by atoms with Crippen LogP contribution in [-0.2, 0) is 17.9 Å². The van der Waals surface area contributed by atoms with Gasteiger partial charge in [-0.15, -0.1) is 12.4 Å². The van der Waals surface area contributed by atoms with Gasteiger partial charge >= 0.3 is 0 Å².